The van der Waals surface area contributed by atoms with Crippen LogP contribution >= 0.6 is 0 Å². The van der Waals surface area contributed by atoms with Crippen LogP contribution in [0.15, 0.2) is 30.3 Å². The smallest absolute Gasteiger partial charge is 0.276 e. The minimum Gasteiger partial charge on any atom is -0.343 e. The number of hydrogen-bond donors (Lipinski definition) is 2. The molecular weight excluding hydrogens is 371 g/mol. The standard InChI is InChI=1S/C22H27FN4O2/c23-17-7-3-4-8-18(17)24-22(29)20-14-19(25-26-20)16-9-11-27(12-10-16)21(28)13-15-5-1-2-6-15/h3-4,7-8,14-16H,1-2,5-6,9-13H2,(H,24,29)(H,25,26). The van der Waals surface area contributed by atoms with Gasteiger partial charge >= 0.3 is 0 Å². The van der Waals surface area contributed by atoms with E-state index in [1.807, 2.05) is 4.90 Å². The number of rotatable bonds is 5. The maximum atomic E-state index is 13.7. The van der Waals surface area contributed by atoms with E-state index in [0.717, 1.165) is 31.6 Å². The van der Waals surface area contributed by atoms with Gasteiger partial charge in [0.25, 0.3) is 5.91 Å². The average Bonchev–Trinajstić information content (AvgIpc) is 3.42. The van der Waals surface area contributed by atoms with Gasteiger partial charge in [0.15, 0.2) is 5.69 Å². The summed E-state index contributed by atoms with van der Waals surface area (Å²) in [6.07, 6.45) is 7.29. The monoisotopic (exact) mass is 398 g/mol. The van der Waals surface area contributed by atoms with Gasteiger partial charge in [-0.25, -0.2) is 4.39 Å². The number of nitrogens with zero attached hydrogens (tertiary/aromatic N) is 2. The molecule has 0 spiro atoms. The highest BCUT2D eigenvalue weighted by Gasteiger charge is 2.28. The Morgan fingerprint density at radius 3 is 2.59 bits per heavy atom. The van der Waals surface area contributed by atoms with Gasteiger partial charge < -0.3 is 10.2 Å². The van der Waals surface area contributed by atoms with Crippen LogP contribution in [-0.2, 0) is 4.79 Å². The Bertz CT molecular complexity index is 867. The molecule has 2 aromatic rings. The molecule has 6 nitrogen and oxygen atoms in total. The van der Waals surface area contributed by atoms with E-state index in [-0.39, 0.29) is 23.2 Å². The molecular formula is C22H27FN4O2. The Morgan fingerprint density at radius 1 is 1.14 bits per heavy atom. The number of hydrogen-bond acceptors (Lipinski definition) is 3. The molecule has 2 aliphatic rings. The number of amides is 2. The summed E-state index contributed by atoms with van der Waals surface area (Å²) in [7, 11) is 0. The first-order chi connectivity index (χ1) is 14.1. The minimum atomic E-state index is -0.480. The zero-order valence-electron chi connectivity index (χ0n) is 16.5. The van der Waals surface area contributed by atoms with Crippen LogP contribution in [0.2, 0.25) is 0 Å². The summed E-state index contributed by atoms with van der Waals surface area (Å²) in [6, 6.07) is 7.78. The van der Waals surface area contributed by atoms with Gasteiger partial charge in [0.1, 0.15) is 5.82 Å². The quantitative estimate of drug-likeness (QED) is 0.796. The lowest BCUT2D eigenvalue weighted by molar-refractivity contribution is -0.133. The predicted molar refractivity (Wildman–Crippen MR) is 108 cm³/mol. The molecule has 4 rings (SSSR count). The number of likely N-dealkylation sites (tertiary alicyclic amines) is 1. The van der Waals surface area contributed by atoms with E-state index < -0.39 is 11.7 Å². The highest BCUT2D eigenvalue weighted by molar-refractivity contribution is 6.02. The lowest BCUT2D eigenvalue weighted by atomic mass is 9.92. The highest BCUT2D eigenvalue weighted by atomic mass is 19.1. The molecule has 0 radical (unpaired) electrons. The maximum Gasteiger partial charge on any atom is 0.276 e. The van der Waals surface area contributed by atoms with Crippen LogP contribution < -0.4 is 5.32 Å². The number of piperidine rings is 1. The van der Waals surface area contributed by atoms with E-state index in [1.165, 1.54) is 37.8 Å². The molecule has 1 aromatic carbocycles. The Hall–Kier alpha value is -2.70. The number of aromatic nitrogens is 2. The molecule has 2 amide bonds. The van der Waals surface area contributed by atoms with Gasteiger partial charge in [-0.1, -0.05) is 25.0 Å². The van der Waals surface area contributed by atoms with Crippen molar-refractivity contribution in [2.45, 2.75) is 50.9 Å². The Kier molecular flexibility index (Phi) is 5.92. The Labute approximate surface area is 169 Å². The summed E-state index contributed by atoms with van der Waals surface area (Å²) in [4.78, 5) is 26.9. The third-order valence-electron chi connectivity index (χ3n) is 6.18. The number of halogens is 1. The van der Waals surface area contributed by atoms with Gasteiger partial charge in [0, 0.05) is 31.1 Å². The molecule has 29 heavy (non-hydrogen) atoms. The number of carbonyl (C=O) groups excluding carboxylic acids is 2. The van der Waals surface area contributed by atoms with Gasteiger partial charge in [-0.15, -0.1) is 0 Å². The molecule has 154 valence electrons. The molecule has 1 saturated carbocycles. The summed E-state index contributed by atoms with van der Waals surface area (Å²) >= 11 is 0. The van der Waals surface area contributed by atoms with Gasteiger partial charge in [-0.05, 0) is 49.8 Å². The minimum absolute atomic E-state index is 0.135. The second kappa shape index (κ2) is 8.76. The highest BCUT2D eigenvalue weighted by Crippen LogP contribution is 2.31. The van der Waals surface area contributed by atoms with Crippen molar-refractivity contribution in [1.29, 1.82) is 0 Å². The average molecular weight is 398 g/mol. The van der Waals surface area contributed by atoms with Gasteiger partial charge in [-0.3, -0.25) is 14.7 Å². The fraction of sp³-hybridized carbons (Fsp3) is 0.500. The lowest BCUT2D eigenvalue weighted by Gasteiger charge is -2.32. The Balaban J connectivity index is 1.30. The molecule has 2 N–H and O–H groups in total. The van der Waals surface area contributed by atoms with Crippen molar-refractivity contribution in [1.82, 2.24) is 15.1 Å². The third kappa shape index (κ3) is 4.66. The topological polar surface area (TPSA) is 78.1 Å². The molecule has 0 unspecified atom stereocenters. The van der Waals surface area contributed by atoms with Crippen LogP contribution in [0.4, 0.5) is 10.1 Å². The largest absolute Gasteiger partial charge is 0.343 e. The lowest BCUT2D eigenvalue weighted by Crippen LogP contribution is -2.38. The van der Waals surface area contributed by atoms with Crippen LogP contribution in [-0.4, -0.2) is 40.0 Å². The molecule has 0 bridgehead atoms. The molecule has 1 saturated heterocycles. The molecule has 1 aliphatic heterocycles. The first-order valence-electron chi connectivity index (χ1n) is 10.5. The molecule has 2 heterocycles. The second-order valence-corrected chi connectivity index (χ2v) is 8.15. The molecule has 0 atom stereocenters. The van der Waals surface area contributed by atoms with Crippen LogP contribution in [0.5, 0.6) is 0 Å². The van der Waals surface area contributed by atoms with E-state index in [2.05, 4.69) is 15.5 Å². The van der Waals surface area contributed by atoms with Crippen molar-refractivity contribution in [3.8, 4) is 0 Å². The van der Waals surface area contributed by atoms with Crippen LogP contribution in [0.25, 0.3) is 0 Å². The van der Waals surface area contributed by atoms with Crippen LogP contribution in [0, 0.1) is 11.7 Å². The van der Waals surface area contributed by atoms with E-state index >= 15 is 0 Å². The van der Waals surface area contributed by atoms with Crippen molar-refractivity contribution < 1.29 is 14.0 Å². The molecule has 7 heteroatoms. The number of H-pyrrole nitrogens is 1. The first kappa shape index (κ1) is 19.6. The summed E-state index contributed by atoms with van der Waals surface area (Å²) in [6.45, 7) is 1.48. The molecule has 1 aromatic heterocycles. The summed E-state index contributed by atoms with van der Waals surface area (Å²) < 4.78 is 13.7. The summed E-state index contributed by atoms with van der Waals surface area (Å²) in [5.74, 6) is 0.175. The van der Waals surface area contributed by atoms with E-state index in [4.69, 9.17) is 0 Å². The fourth-order valence-electron chi connectivity index (χ4n) is 4.44. The zero-order valence-corrected chi connectivity index (χ0v) is 16.5. The van der Waals surface area contributed by atoms with Crippen molar-refractivity contribution >= 4 is 17.5 Å². The first-order valence-corrected chi connectivity index (χ1v) is 10.5. The van der Waals surface area contributed by atoms with E-state index in [0.29, 0.717) is 12.3 Å². The number of nitrogens with one attached hydrogen (secondary N) is 2. The molecule has 1 aliphatic carbocycles. The Morgan fingerprint density at radius 2 is 1.86 bits per heavy atom. The zero-order chi connectivity index (χ0) is 20.2. The third-order valence-corrected chi connectivity index (χ3v) is 6.18. The number of aromatic amines is 1. The second-order valence-electron chi connectivity index (χ2n) is 8.15. The van der Waals surface area contributed by atoms with Crippen molar-refractivity contribution in [2.75, 3.05) is 18.4 Å². The predicted octanol–water partition coefficient (Wildman–Crippen LogP) is 4.09. The normalized spacial score (nSPS) is 18.2. The number of para-hydroxylation sites is 1. The van der Waals surface area contributed by atoms with Crippen molar-refractivity contribution in [3.63, 3.8) is 0 Å². The van der Waals surface area contributed by atoms with Crippen LogP contribution in [0.1, 0.15) is 67.0 Å². The SMILES string of the molecule is O=C(Nc1ccccc1F)c1cc(C2CCN(C(=O)CC3CCCC3)CC2)[nH]n1. The van der Waals surface area contributed by atoms with E-state index in [9.17, 15) is 14.0 Å². The van der Waals surface area contributed by atoms with Gasteiger partial charge in [0.05, 0.1) is 5.69 Å². The number of carbonyl (C=O) groups is 2. The fourth-order valence-corrected chi connectivity index (χ4v) is 4.44. The summed E-state index contributed by atoms with van der Waals surface area (Å²) in [5.41, 5.74) is 1.27. The van der Waals surface area contributed by atoms with Crippen molar-refractivity contribution in [2.24, 2.45) is 5.92 Å². The molecule has 2 fully saturated rings. The number of benzene rings is 1. The van der Waals surface area contributed by atoms with Crippen LogP contribution in [0.3, 0.4) is 0 Å². The van der Waals surface area contributed by atoms with E-state index in [1.54, 1.807) is 18.2 Å². The summed E-state index contributed by atoms with van der Waals surface area (Å²) in [5, 5.41) is 9.60. The van der Waals surface area contributed by atoms with Crippen molar-refractivity contribution in [3.05, 3.63) is 47.5 Å². The van der Waals surface area contributed by atoms with Gasteiger partial charge in [0.2, 0.25) is 5.91 Å². The maximum absolute atomic E-state index is 13.7. The van der Waals surface area contributed by atoms with Gasteiger partial charge in [-0.2, -0.15) is 5.10 Å². The number of anilines is 1.